The Labute approximate surface area is 177 Å². The van der Waals surface area contributed by atoms with Crippen LogP contribution in [-0.2, 0) is 20.7 Å². The van der Waals surface area contributed by atoms with E-state index in [4.69, 9.17) is 30.5 Å². The van der Waals surface area contributed by atoms with E-state index in [1.165, 1.54) is 20.4 Å². The number of nitrogens with zero attached hydrogens (tertiary/aromatic N) is 1. The van der Waals surface area contributed by atoms with Crippen molar-refractivity contribution in [2.45, 2.75) is 6.42 Å². The average molecular weight is 435 g/mol. The largest absolute Gasteiger partial charge is 0.493 e. The lowest BCUT2D eigenvalue weighted by Gasteiger charge is -2.12. The molecule has 2 aromatic rings. The highest BCUT2D eigenvalue weighted by Crippen LogP contribution is 2.36. The Morgan fingerprint density at radius 3 is 2.77 bits per heavy atom. The number of amides is 1. The molecule has 10 heteroatoms. The maximum absolute atomic E-state index is 12.1. The molecule has 0 saturated carbocycles. The molecule has 2 aromatic carbocycles. The molecular weight excluding hydrogens is 416 g/mol. The van der Waals surface area contributed by atoms with E-state index in [2.05, 4.69) is 15.3 Å². The molecule has 0 atom stereocenters. The number of benzene rings is 2. The van der Waals surface area contributed by atoms with Gasteiger partial charge in [-0.2, -0.15) is 5.10 Å². The maximum atomic E-state index is 12.1. The summed E-state index contributed by atoms with van der Waals surface area (Å²) in [6.45, 7) is -0.135. The summed E-state index contributed by atoms with van der Waals surface area (Å²) in [4.78, 5) is 23.4. The smallest absolute Gasteiger partial charge is 0.343 e. The van der Waals surface area contributed by atoms with Crippen LogP contribution < -0.4 is 24.4 Å². The standard InChI is InChI=1S/C20H19ClN2O7/c1-26-17-7-13(5-14(21)20(17)28-10-19(25)27-2)9-22-23-18(24)8-12-3-4-15-16(6-12)30-11-29-15/h3-7,9H,8,10-11H2,1-2H3,(H,23,24)/b22-9-. The lowest BCUT2D eigenvalue weighted by Crippen LogP contribution is -2.19. The predicted octanol–water partition coefficient (Wildman–Crippen LogP) is 2.32. The van der Waals surface area contributed by atoms with E-state index in [1.54, 1.807) is 30.3 Å². The molecule has 3 rings (SSSR count). The second kappa shape index (κ2) is 9.84. The number of carbonyl (C=O) groups is 2. The second-order valence-electron chi connectivity index (χ2n) is 6.06. The first-order chi connectivity index (χ1) is 14.5. The van der Waals surface area contributed by atoms with E-state index in [9.17, 15) is 9.59 Å². The van der Waals surface area contributed by atoms with Crippen LogP contribution >= 0.6 is 11.6 Å². The third-order valence-electron chi connectivity index (χ3n) is 4.02. The van der Waals surface area contributed by atoms with Gasteiger partial charge in [-0.25, -0.2) is 10.2 Å². The monoisotopic (exact) mass is 434 g/mol. The van der Waals surface area contributed by atoms with Gasteiger partial charge in [0, 0.05) is 0 Å². The molecule has 0 bridgehead atoms. The quantitative estimate of drug-likeness (QED) is 0.386. The van der Waals surface area contributed by atoms with E-state index < -0.39 is 5.97 Å². The zero-order valence-electron chi connectivity index (χ0n) is 16.3. The van der Waals surface area contributed by atoms with Gasteiger partial charge in [-0.05, 0) is 35.4 Å². The van der Waals surface area contributed by atoms with Crippen molar-refractivity contribution in [3.05, 3.63) is 46.5 Å². The SMILES string of the molecule is COC(=O)COc1c(Cl)cc(/C=N\NC(=O)Cc2ccc3c(c2)OCO3)cc1OC. The number of methoxy groups -OCH3 is 2. The normalized spacial score (nSPS) is 12.0. The molecular formula is C20H19ClN2O7. The van der Waals surface area contributed by atoms with Gasteiger partial charge in [0.1, 0.15) is 0 Å². The number of carbonyl (C=O) groups excluding carboxylic acids is 2. The number of hydrazone groups is 1. The van der Waals surface area contributed by atoms with Crippen molar-refractivity contribution in [2.24, 2.45) is 5.10 Å². The molecule has 0 aromatic heterocycles. The van der Waals surface area contributed by atoms with Gasteiger partial charge in [0.2, 0.25) is 12.7 Å². The molecule has 9 nitrogen and oxygen atoms in total. The summed E-state index contributed by atoms with van der Waals surface area (Å²) in [5, 5.41) is 4.15. The number of ether oxygens (including phenoxy) is 5. The predicted molar refractivity (Wildman–Crippen MR) is 108 cm³/mol. The highest BCUT2D eigenvalue weighted by atomic mass is 35.5. The summed E-state index contributed by atoms with van der Waals surface area (Å²) >= 11 is 6.21. The van der Waals surface area contributed by atoms with Crippen LogP contribution in [0, 0.1) is 0 Å². The van der Waals surface area contributed by atoms with Crippen molar-refractivity contribution >= 4 is 29.7 Å². The van der Waals surface area contributed by atoms with Crippen molar-refractivity contribution in [1.82, 2.24) is 5.43 Å². The Balaban J connectivity index is 1.60. The molecule has 158 valence electrons. The molecule has 0 saturated heterocycles. The molecule has 0 aliphatic carbocycles. The Hall–Kier alpha value is -3.46. The van der Waals surface area contributed by atoms with Crippen LogP contribution in [0.3, 0.4) is 0 Å². The number of halogens is 1. The van der Waals surface area contributed by atoms with E-state index in [0.717, 1.165) is 5.56 Å². The Bertz CT molecular complexity index is 978. The van der Waals surface area contributed by atoms with Gasteiger partial charge in [0.25, 0.3) is 0 Å². The molecule has 1 N–H and O–H groups in total. The zero-order chi connectivity index (χ0) is 21.5. The summed E-state index contributed by atoms with van der Waals surface area (Å²) in [6, 6.07) is 8.46. The van der Waals surface area contributed by atoms with E-state index in [-0.39, 0.29) is 36.5 Å². The molecule has 1 heterocycles. The molecule has 0 unspecified atom stereocenters. The Morgan fingerprint density at radius 2 is 2.00 bits per heavy atom. The lowest BCUT2D eigenvalue weighted by molar-refractivity contribution is -0.142. The minimum atomic E-state index is -0.552. The first kappa shape index (κ1) is 21.3. The minimum absolute atomic E-state index is 0.123. The fourth-order valence-corrected chi connectivity index (χ4v) is 2.87. The topological polar surface area (TPSA) is 105 Å². The van der Waals surface area contributed by atoms with Crippen LogP contribution in [0.2, 0.25) is 5.02 Å². The lowest BCUT2D eigenvalue weighted by atomic mass is 10.1. The van der Waals surface area contributed by atoms with Gasteiger partial charge in [-0.3, -0.25) is 4.79 Å². The summed E-state index contributed by atoms with van der Waals surface area (Å²) in [5.74, 6) is 0.917. The fourth-order valence-electron chi connectivity index (χ4n) is 2.60. The highest BCUT2D eigenvalue weighted by molar-refractivity contribution is 6.32. The molecule has 0 spiro atoms. The first-order valence-electron chi connectivity index (χ1n) is 8.77. The number of esters is 1. The molecule has 1 aliphatic rings. The summed E-state index contributed by atoms with van der Waals surface area (Å²) in [7, 11) is 2.69. The van der Waals surface area contributed by atoms with Gasteiger partial charge in [-0.15, -0.1) is 0 Å². The van der Waals surface area contributed by atoms with Crippen LogP contribution in [0.4, 0.5) is 0 Å². The third-order valence-corrected chi connectivity index (χ3v) is 4.30. The Kier molecular flexibility index (Phi) is 6.97. The fraction of sp³-hybridized carbons (Fsp3) is 0.250. The third kappa shape index (κ3) is 5.32. The van der Waals surface area contributed by atoms with Gasteiger partial charge in [0.15, 0.2) is 29.6 Å². The van der Waals surface area contributed by atoms with Crippen LogP contribution in [0.15, 0.2) is 35.4 Å². The van der Waals surface area contributed by atoms with E-state index in [0.29, 0.717) is 22.8 Å². The maximum Gasteiger partial charge on any atom is 0.343 e. The van der Waals surface area contributed by atoms with Crippen molar-refractivity contribution in [1.29, 1.82) is 0 Å². The zero-order valence-corrected chi connectivity index (χ0v) is 17.0. The van der Waals surface area contributed by atoms with Crippen LogP contribution in [0.5, 0.6) is 23.0 Å². The van der Waals surface area contributed by atoms with Crippen LogP contribution in [0.1, 0.15) is 11.1 Å². The van der Waals surface area contributed by atoms with E-state index >= 15 is 0 Å². The molecule has 1 amide bonds. The van der Waals surface area contributed by atoms with Crippen LogP contribution in [-0.4, -0.2) is 45.7 Å². The van der Waals surface area contributed by atoms with Crippen molar-refractivity contribution in [3.8, 4) is 23.0 Å². The molecule has 1 aliphatic heterocycles. The van der Waals surface area contributed by atoms with E-state index in [1.807, 2.05) is 0 Å². The molecule has 0 radical (unpaired) electrons. The van der Waals surface area contributed by atoms with Gasteiger partial charge >= 0.3 is 5.97 Å². The average Bonchev–Trinajstić information content (AvgIpc) is 3.20. The number of hydrogen-bond acceptors (Lipinski definition) is 8. The Morgan fingerprint density at radius 1 is 1.20 bits per heavy atom. The van der Waals surface area contributed by atoms with Crippen molar-refractivity contribution in [2.75, 3.05) is 27.6 Å². The van der Waals surface area contributed by atoms with Gasteiger partial charge in [-0.1, -0.05) is 17.7 Å². The van der Waals surface area contributed by atoms with Crippen molar-refractivity contribution in [3.63, 3.8) is 0 Å². The molecule has 0 fully saturated rings. The minimum Gasteiger partial charge on any atom is -0.493 e. The van der Waals surface area contributed by atoms with Crippen LogP contribution in [0.25, 0.3) is 0 Å². The molecule has 30 heavy (non-hydrogen) atoms. The van der Waals surface area contributed by atoms with Gasteiger partial charge < -0.3 is 23.7 Å². The number of rotatable bonds is 8. The number of hydrogen-bond donors (Lipinski definition) is 1. The highest BCUT2D eigenvalue weighted by Gasteiger charge is 2.15. The second-order valence-corrected chi connectivity index (χ2v) is 6.46. The number of nitrogens with one attached hydrogen (secondary N) is 1. The number of fused-ring (bicyclic) bond motifs is 1. The van der Waals surface area contributed by atoms with Crippen molar-refractivity contribution < 1.29 is 33.3 Å². The summed E-state index contributed by atoms with van der Waals surface area (Å²) in [5.41, 5.74) is 3.78. The first-order valence-corrected chi connectivity index (χ1v) is 9.15. The van der Waals surface area contributed by atoms with Gasteiger partial charge in [0.05, 0.1) is 31.9 Å². The summed E-state index contributed by atoms with van der Waals surface area (Å²) in [6.07, 6.45) is 1.54. The summed E-state index contributed by atoms with van der Waals surface area (Å²) < 4.78 is 25.7.